The van der Waals surface area contributed by atoms with Crippen molar-refractivity contribution < 1.29 is 9.53 Å². The Balaban J connectivity index is 0.000000240. The molecule has 0 unspecified atom stereocenters. The fourth-order valence-electron chi connectivity index (χ4n) is 1.39. The summed E-state index contributed by atoms with van der Waals surface area (Å²) >= 11 is 0. The van der Waals surface area contributed by atoms with Crippen molar-refractivity contribution in [1.29, 1.82) is 0 Å². The van der Waals surface area contributed by atoms with Crippen molar-refractivity contribution in [3.8, 4) is 0 Å². The molecule has 106 valence electrons. The molecule has 0 heterocycles. The molecule has 0 fully saturated rings. The number of ether oxygens (including phenoxy) is 1. The molecule has 3 heteroatoms. The lowest BCUT2D eigenvalue weighted by Crippen LogP contribution is -2.28. The molecule has 0 saturated carbocycles. The average molecular weight is 271 g/mol. The second-order valence-electron chi connectivity index (χ2n) is 4.54. The van der Waals surface area contributed by atoms with Crippen LogP contribution in [0.5, 0.6) is 0 Å². The Kier molecular flexibility index (Phi) is 7.07. The summed E-state index contributed by atoms with van der Waals surface area (Å²) in [5, 5.41) is 0. The Labute approximate surface area is 120 Å². The van der Waals surface area contributed by atoms with E-state index in [1.807, 2.05) is 48.5 Å². The maximum absolute atomic E-state index is 11.0. The molecule has 2 aromatic rings. The molecule has 1 atom stereocenters. The van der Waals surface area contributed by atoms with Crippen molar-refractivity contribution in [2.24, 2.45) is 5.73 Å². The van der Waals surface area contributed by atoms with Gasteiger partial charge in [-0.05, 0) is 19.4 Å². The Morgan fingerprint density at radius 3 is 1.95 bits per heavy atom. The Hall–Kier alpha value is -2.13. The number of carbonyl (C=O) groups is 1. The Bertz CT molecular complexity index is 495. The zero-order chi connectivity index (χ0) is 14.8. The fourth-order valence-corrected chi connectivity index (χ4v) is 1.39. The lowest BCUT2D eigenvalue weighted by atomic mass is 10.2. The minimum absolute atomic E-state index is 0.293. The molecule has 0 amide bonds. The number of hydrogen-bond acceptors (Lipinski definition) is 3. The van der Waals surface area contributed by atoms with Crippen molar-refractivity contribution in [2.45, 2.75) is 26.5 Å². The highest BCUT2D eigenvalue weighted by molar-refractivity contribution is 5.74. The van der Waals surface area contributed by atoms with Gasteiger partial charge >= 0.3 is 5.97 Å². The molecule has 0 bridgehead atoms. The summed E-state index contributed by atoms with van der Waals surface area (Å²) in [4.78, 5) is 11.0. The molecule has 0 aliphatic heterocycles. The molecule has 0 spiro atoms. The third-order valence-corrected chi connectivity index (χ3v) is 2.54. The summed E-state index contributed by atoms with van der Waals surface area (Å²) in [6, 6.07) is 19.2. The number of rotatable bonds is 3. The first kappa shape index (κ1) is 15.9. The van der Waals surface area contributed by atoms with Crippen LogP contribution in [0.15, 0.2) is 60.7 Å². The Morgan fingerprint density at radius 1 is 1.05 bits per heavy atom. The molecule has 2 N–H and O–H groups in total. The highest BCUT2D eigenvalue weighted by atomic mass is 16.5. The summed E-state index contributed by atoms with van der Waals surface area (Å²) in [6.07, 6.45) is 0. The molecule has 0 aliphatic carbocycles. The van der Waals surface area contributed by atoms with Crippen molar-refractivity contribution in [3.05, 3.63) is 71.8 Å². The number of esters is 1. The van der Waals surface area contributed by atoms with Crippen LogP contribution in [0.1, 0.15) is 18.1 Å². The molecular weight excluding hydrogens is 250 g/mol. The summed E-state index contributed by atoms with van der Waals surface area (Å²) in [5.74, 6) is -0.371. The maximum atomic E-state index is 11.0. The second kappa shape index (κ2) is 8.88. The highest BCUT2D eigenvalue weighted by Crippen LogP contribution is 2.00. The predicted octanol–water partition coefficient (Wildman–Crippen LogP) is 3.07. The zero-order valence-corrected chi connectivity index (χ0v) is 12.0. The minimum Gasteiger partial charge on any atom is -0.460 e. The van der Waals surface area contributed by atoms with E-state index in [-0.39, 0.29) is 5.97 Å². The van der Waals surface area contributed by atoms with Gasteiger partial charge in [-0.15, -0.1) is 0 Å². The Morgan fingerprint density at radius 2 is 1.55 bits per heavy atom. The maximum Gasteiger partial charge on any atom is 0.322 e. The third kappa shape index (κ3) is 6.71. The number of carbonyl (C=O) groups excluding carboxylic acids is 1. The van der Waals surface area contributed by atoms with Crippen molar-refractivity contribution in [3.63, 3.8) is 0 Å². The summed E-state index contributed by atoms with van der Waals surface area (Å²) in [5.41, 5.74) is 7.62. The van der Waals surface area contributed by atoms with Gasteiger partial charge in [0.25, 0.3) is 0 Å². The van der Waals surface area contributed by atoms with Crippen molar-refractivity contribution >= 4 is 5.97 Å². The lowest BCUT2D eigenvalue weighted by molar-refractivity contribution is -0.146. The van der Waals surface area contributed by atoms with E-state index in [0.29, 0.717) is 6.61 Å². The van der Waals surface area contributed by atoms with E-state index in [2.05, 4.69) is 19.1 Å². The van der Waals surface area contributed by atoms with Crippen LogP contribution < -0.4 is 5.73 Å². The van der Waals surface area contributed by atoms with Crippen LogP contribution in [-0.4, -0.2) is 12.0 Å². The van der Waals surface area contributed by atoms with Crippen LogP contribution in [-0.2, 0) is 16.1 Å². The quantitative estimate of drug-likeness (QED) is 0.873. The van der Waals surface area contributed by atoms with E-state index >= 15 is 0 Å². The zero-order valence-electron chi connectivity index (χ0n) is 12.0. The summed E-state index contributed by atoms with van der Waals surface area (Å²) in [7, 11) is 0. The minimum atomic E-state index is -0.552. The number of aryl methyl sites for hydroxylation is 1. The van der Waals surface area contributed by atoms with E-state index in [4.69, 9.17) is 10.5 Å². The fraction of sp³-hybridized carbons (Fsp3) is 0.235. The SMILES string of the molecule is C[C@@H](N)C(=O)OCc1ccccc1.Cc1ccccc1. The molecule has 2 aromatic carbocycles. The van der Waals surface area contributed by atoms with Crippen LogP contribution in [0.4, 0.5) is 0 Å². The standard InChI is InChI=1S/C10H13NO2.C7H8/c1-8(11)10(12)13-7-9-5-3-2-4-6-9;1-7-5-3-2-4-6-7/h2-6,8H,7,11H2,1H3;2-6H,1H3/t8-;/m1./s1. The molecule has 0 aromatic heterocycles. The van der Waals surface area contributed by atoms with Gasteiger partial charge in [-0.25, -0.2) is 0 Å². The lowest BCUT2D eigenvalue weighted by Gasteiger charge is -2.06. The van der Waals surface area contributed by atoms with E-state index in [1.165, 1.54) is 5.56 Å². The van der Waals surface area contributed by atoms with Gasteiger partial charge in [-0.2, -0.15) is 0 Å². The number of hydrogen-bond donors (Lipinski definition) is 1. The van der Waals surface area contributed by atoms with E-state index in [9.17, 15) is 4.79 Å². The van der Waals surface area contributed by atoms with Gasteiger partial charge in [-0.3, -0.25) is 4.79 Å². The van der Waals surface area contributed by atoms with Gasteiger partial charge in [0.05, 0.1) is 0 Å². The molecule has 0 saturated heterocycles. The van der Waals surface area contributed by atoms with Crippen LogP contribution in [0.2, 0.25) is 0 Å². The molecular formula is C17H21NO2. The third-order valence-electron chi connectivity index (χ3n) is 2.54. The smallest absolute Gasteiger partial charge is 0.322 e. The van der Waals surface area contributed by atoms with Gasteiger partial charge in [0.2, 0.25) is 0 Å². The van der Waals surface area contributed by atoms with Gasteiger partial charge in [0.1, 0.15) is 12.6 Å². The van der Waals surface area contributed by atoms with E-state index < -0.39 is 6.04 Å². The summed E-state index contributed by atoms with van der Waals surface area (Å²) < 4.78 is 4.93. The molecule has 2 rings (SSSR count). The van der Waals surface area contributed by atoms with Gasteiger partial charge < -0.3 is 10.5 Å². The second-order valence-corrected chi connectivity index (χ2v) is 4.54. The molecule has 3 nitrogen and oxygen atoms in total. The first-order valence-electron chi connectivity index (χ1n) is 6.57. The van der Waals surface area contributed by atoms with Gasteiger partial charge in [-0.1, -0.05) is 66.2 Å². The largest absolute Gasteiger partial charge is 0.460 e. The van der Waals surface area contributed by atoms with Crippen LogP contribution >= 0.6 is 0 Å². The number of nitrogens with two attached hydrogens (primary N) is 1. The van der Waals surface area contributed by atoms with Gasteiger partial charge in [0.15, 0.2) is 0 Å². The van der Waals surface area contributed by atoms with Crippen molar-refractivity contribution in [1.82, 2.24) is 0 Å². The normalized spacial score (nSPS) is 10.9. The molecule has 0 aliphatic rings. The van der Waals surface area contributed by atoms with Crippen molar-refractivity contribution in [2.75, 3.05) is 0 Å². The van der Waals surface area contributed by atoms with Crippen LogP contribution in [0.25, 0.3) is 0 Å². The summed E-state index contributed by atoms with van der Waals surface area (Å²) in [6.45, 7) is 3.98. The van der Waals surface area contributed by atoms with Gasteiger partial charge in [0, 0.05) is 0 Å². The number of benzene rings is 2. The first-order chi connectivity index (χ1) is 9.59. The first-order valence-corrected chi connectivity index (χ1v) is 6.57. The van der Waals surface area contributed by atoms with Crippen LogP contribution in [0, 0.1) is 6.92 Å². The predicted molar refractivity (Wildman–Crippen MR) is 81.1 cm³/mol. The van der Waals surface area contributed by atoms with E-state index in [0.717, 1.165) is 5.56 Å². The molecule has 0 radical (unpaired) electrons. The highest BCUT2D eigenvalue weighted by Gasteiger charge is 2.07. The van der Waals surface area contributed by atoms with E-state index in [1.54, 1.807) is 6.92 Å². The molecule has 20 heavy (non-hydrogen) atoms. The monoisotopic (exact) mass is 271 g/mol. The van der Waals surface area contributed by atoms with Crippen LogP contribution in [0.3, 0.4) is 0 Å². The average Bonchev–Trinajstić information content (AvgIpc) is 2.47. The topological polar surface area (TPSA) is 52.3 Å².